The lowest BCUT2D eigenvalue weighted by Crippen LogP contribution is -2.12. The third-order valence-electron chi connectivity index (χ3n) is 5.19. The summed E-state index contributed by atoms with van der Waals surface area (Å²) < 4.78 is 29.8. The molecular formula is C23H30N2O3S2. The molecule has 1 atom stereocenters. The van der Waals surface area contributed by atoms with E-state index < -0.39 is 19.9 Å². The monoisotopic (exact) mass is 446 g/mol. The van der Waals surface area contributed by atoms with Gasteiger partial charge in [-0.1, -0.05) is 20.8 Å². The maximum atomic E-state index is 13.6. The fraction of sp³-hybridized carbons (Fsp3) is 0.348. The van der Waals surface area contributed by atoms with Crippen LogP contribution in [0.15, 0.2) is 63.4 Å². The standard InChI is InChI=1S/C23H30N2O3S2/c1-7-30(26,25-29(5,6)17(2)3)20-11-8-18(9-12-20)28-23-14-15-24-22-16-19(27-4)10-13-21(22)23/h8-17H,7H2,1-6H3. The first-order valence-corrected chi connectivity index (χ1v) is 14.0. The van der Waals surface area contributed by atoms with Gasteiger partial charge in [0.15, 0.2) is 0 Å². The van der Waals surface area contributed by atoms with Crippen molar-refractivity contribution in [2.24, 2.45) is 3.77 Å². The van der Waals surface area contributed by atoms with Gasteiger partial charge in [-0.2, -0.15) is 3.77 Å². The maximum Gasteiger partial charge on any atom is 0.138 e. The first-order chi connectivity index (χ1) is 14.2. The average Bonchev–Trinajstić information content (AvgIpc) is 2.73. The molecule has 0 bridgehead atoms. The molecule has 2 aromatic carbocycles. The van der Waals surface area contributed by atoms with Gasteiger partial charge in [-0.25, -0.2) is 4.21 Å². The van der Waals surface area contributed by atoms with Crippen LogP contribution in [-0.4, -0.2) is 39.8 Å². The molecule has 0 aliphatic carbocycles. The largest absolute Gasteiger partial charge is 0.497 e. The molecule has 0 radical (unpaired) electrons. The number of nitrogens with zero attached hydrogens (tertiary/aromatic N) is 2. The Hall–Kier alpha value is -2.25. The first-order valence-electron chi connectivity index (χ1n) is 9.87. The molecule has 1 unspecified atom stereocenters. The Morgan fingerprint density at radius 1 is 1.03 bits per heavy atom. The normalized spacial score (nSPS) is 14.4. The summed E-state index contributed by atoms with van der Waals surface area (Å²) >= 11 is 0. The second-order valence-electron chi connectivity index (χ2n) is 7.67. The van der Waals surface area contributed by atoms with Crippen LogP contribution in [0.5, 0.6) is 17.2 Å². The number of methoxy groups -OCH3 is 1. The van der Waals surface area contributed by atoms with Gasteiger partial charge in [0.05, 0.1) is 22.4 Å². The second-order valence-corrected chi connectivity index (χ2v) is 14.2. The minimum absolute atomic E-state index is 0.381. The molecule has 0 aliphatic rings. The fourth-order valence-electron chi connectivity index (χ4n) is 2.82. The third-order valence-corrected chi connectivity index (χ3v) is 11.8. The van der Waals surface area contributed by atoms with Crippen molar-refractivity contribution in [1.29, 1.82) is 0 Å². The van der Waals surface area contributed by atoms with Crippen molar-refractivity contribution < 1.29 is 13.7 Å². The van der Waals surface area contributed by atoms with E-state index in [-0.39, 0.29) is 0 Å². The molecule has 5 nitrogen and oxygen atoms in total. The molecule has 0 fully saturated rings. The number of rotatable bonds is 7. The van der Waals surface area contributed by atoms with E-state index in [1.54, 1.807) is 13.3 Å². The highest BCUT2D eigenvalue weighted by atomic mass is 32.3. The predicted molar refractivity (Wildman–Crippen MR) is 129 cm³/mol. The van der Waals surface area contributed by atoms with Gasteiger partial charge in [-0.3, -0.25) is 4.98 Å². The number of pyridine rings is 1. The number of aromatic nitrogens is 1. The van der Waals surface area contributed by atoms with Gasteiger partial charge < -0.3 is 9.47 Å². The Balaban J connectivity index is 1.92. The van der Waals surface area contributed by atoms with Crippen molar-refractivity contribution in [2.75, 3.05) is 25.4 Å². The molecule has 0 N–H and O–H groups in total. The van der Waals surface area contributed by atoms with Crippen LogP contribution in [0.3, 0.4) is 0 Å². The first kappa shape index (κ1) is 22.4. The predicted octanol–water partition coefficient (Wildman–Crippen LogP) is 6.27. The Labute approximate surface area is 181 Å². The summed E-state index contributed by atoms with van der Waals surface area (Å²) in [5.41, 5.74) is 0.801. The number of hydrogen-bond acceptors (Lipinski definition) is 5. The lowest BCUT2D eigenvalue weighted by atomic mass is 10.2. The number of ether oxygens (including phenoxy) is 2. The number of hydrogen-bond donors (Lipinski definition) is 0. The number of fused-ring (bicyclic) bond motifs is 1. The zero-order valence-corrected chi connectivity index (χ0v) is 20.0. The Morgan fingerprint density at radius 2 is 1.70 bits per heavy atom. The molecule has 0 saturated heterocycles. The highest BCUT2D eigenvalue weighted by molar-refractivity contribution is 8.34. The lowest BCUT2D eigenvalue weighted by molar-refractivity contribution is 0.415. The summed E-state index contributed by atoms with van der Waals surface area (Å²) in [5, 5.41) is 1.28. The molecule has 1 heterocycles. The minimum atomic E-state index is -2.46. The molecule has 3 aromatic rings. The molecule has 1 aromatic heterocycles. The minimum Gasteiger partial charge on any atom is -0.497 e. The van der Waals surface area contributed by atoms with Gasteiger partial charge in [0.1, 0.15) is 17.2 Å². The Bertz CT molecular complexity index is 1150. The van der Waals surface area contributed by atoms with Crippen LogP contribution in [0.25, 0.3) is 10.9 Å². The van der Waals surface area contributed by atoms with E-state index in [2.05, 4.69) is 31.3 Å². The van der Waals surface area contributed by atoms with Crippen LogP contribution in [0, 0.1) is 0 Å². The van der Waals surface area contributed by atoms with Crippen molar-refractivity contribution in [1.82, 2.24) is 4.98 Å². The van der Waals surface area contributed by atoms with E-state index in [0.29, 0.717) is 22.5 Å². The zero-order valence-electron chi connectivity index (χ0n) is 18.4. The second kappa shape index (κ2) is 8.86. The molecule has 0 amide bonds. The van der Waals surface area contributed by atoms with Crippen LogP contribution in [0.2, 0.25) is 0 Å². The van der Waals surface area contributed by atoms with Crippen molar-refractivity contribution in [3.8, 4) is 17.2 Å². The third kappa shape index (κ3) is 4.73. The zero-order chi connectivity index (χ0) is 21.9. The summed E-state index contributed by atoms with van der Waals surface area (Å²) in [6.07, 6.45) is 5.95. The van der Waals surface area contributed by atoms with Gasteiger partial charge in [-0.15, -0.1) is 10.2 Å². The van der Waals surface area contributed by atoms with Crippen molar-refractivity contribution in [3.05, 3.63) is 54.7 Å². The van der Waals surface area contributed by atoms with Gasteiger partial charge >= 0.3 is 0 Å². The quantitative estimate of drug-likeness (QED) is 0.429. The topological polar surface area (TPSA) is 60.8 Å². The molecule has 162 valence electrons. The highest BCUT2D eigenvalue weighted by Gasteiger charge is 2.20. The smallest absolute Gasteiger partial charge is 0.138 e. The Kier molecular flexibility index (Phi) is 6.62. The highest BCUT2D eigenvalue weighted by Crippen LogP contribution is 2.48. The molecule has 30 heavy (non-hydrogen) atoms. The van der Waals surface area contributed by atoms with Crippen LogP contribution in [0.1, 0.15) is 20.8 Å². The van der Waals surface area contributed by atoms with Gasteiger partial charge in [0, 0.05) is 33.5 Å². The molecular weight excluding hydrogens is 416 g/mol. The molecule has 0 aliphatic heterocycles. The van der Waals surface area contributed by atoms with Crippen LogP contribution in [0.4, 0.5) is 0 Å². The number of benzene rings is 2. The van der Waals surface area contributed by atoms with Crippen molar-refractivity contribution in [3.63, 3.8) is 0 Å². The summed E-state index contributed by atoms with van der Waals surface area (Å²) in [6.45, 7) is 6.21. The van der Waals surface area contributed by atoms with Crippen molar-refractivity contribution >= 4 is 30.8 Å². The van der Waals surface area contributed by atoms with E-state index in [0.717, 1.165) is 21.5 Å². The van der Waals surface area contributed by atoms with Crippen LogP contribution < -0.4 is 9.47 Å². The summed E-state index contributed by atoms with van der Waals surface area (Å²) in [5.74, 6) is 2.63. The van der Waals surface area contributed by atoms with E-state index in [9.17, 15) is 4.21 Å². The Morgan fingerprint density at radius 3 is 2.30 bits per heavy atom. The molecule has 0 saturated carbocycles. The van der Waals surface area contributed by atoms with Crippen LogP contribution in [-0.2, 0) is 9.73 Å². The molecule has 7 heteroatoms. The van der Waals surface area contributed by atoms with E-state index in [4.69, 9.17) is 13.2 Å². The molecule has 3 rings (SSSR count). The summed E-state index contributed by atoms with van der Waals surface area (Å²) in [7, 11) is -2.13. The van der Waals surface area contributed by atoms with E-state index in [1.165, 1.54) is 0 Å². The van der Waals surface area contributed by atoms with E-state index >= 15 is 0 Å². The lowest BCUT2D eigenvalue weighted by Gasteiger charge is -2.31. The van der Waals surface area contributed by atoms with Gasteiger partial charge in [-0.05, 0) is 55.0 Å². The fourth-order valence-corrected chi connectivity index (χ4v) is 7.66. The average molecular weight is 447 g/mol. The van der Waals surface area contributed by atoms with Gasteiger partial charge in [0.2, 0.25) is 0 Å². The van der Waals surface area contributed by atoms with Crippen LogP contribution >= 0.6 is 10.2 Å². The summed E-state index contributed by atoms with van der Waals surface area (Å²) in [4.78, 5) is 5.14. The summed E-state index contributed by atoms with van der Waals surface area (Å²) in [6, 6.07) is 15.0. The maximum absolute atomic E-state index is 13.6. The SMILES string of the molecule is CCS(=O)(=NS(C)(C)C(C)C)c1ccc(Oc2ccnc3cc(OC)ccc23)cc1. The van der Waals surface area contributed by atoms with Gasteiger partial charge in [0.25, 0.3) is 0 Å². The van der Waals surface area contributed by atoms with Crippen molar-refractivity contribution in [2.45, 2.75) is 30.9 Å². The van der Waals surface area contributed by atoms with E-state index in [1.807, 2.05) is 55.5 Å². The molecule has 0 spiro atoms.